The maximum atomic E-state index is 16.2. The van der Waals surface area contributed by atoms with Crippen LogP contribution in [0, 0.1) is 6.92 Å². The number of rotatable bonds is 3. The highest BCUT2D eigenvalue weighted by molar-refractivity contribution is 6.17. The molecule has 2 nitrogen and oxygen atoms in total. The molecule has 0 bridgehead atoms. The summed E-state index contributed by atoms with van der Waals surface area (Å²) in [5, 5.41) is 0. The van der Waals surface area contributed by atoms with Gasteiger partial charge in [0.15, 0.2) is 5.67 Å². The topological polar surface area (TPSA) is 29.4 Å². The molecule has 0 saturated heterocycles. The van der Waals surface area contributed by atoms with E-state index in [0.717, 1.165) is 22.3 Å². The van der Waals surface area contributed by atoms with Crippen LogP contribution in [0.15, 0.2) is 83.9 Å². The van der Waals surface area contributed by atoms with E-state index in [0.29, 0.717) is 5.56 Å². The monoisotopic (exact) mass is 357 g/mol. The maximum Gasteiger partial charge on any atom is 0.277 e. The zero-order chi connectivity index (χ0) is 18.9. The molecule has 0 aliphatic heterocycles. The molecule has 0 N–H and O–H groups in total. The number of hydrogen-bond donors (Lipinski definition) is 0. The van der Waals surface area contributed by atoms with Gasteiger partial charge in [-0.2, -0.15) is 0 Å². The highest BCUT2D eigenvalue weighted by atomic mass is 19.1. The second-order valence-electron chi connectivity index (χ2n) is 7.10. The second-order valence-corrected chi connectivity index (χ2v) is 7.10. The molecule has 1 unspecified atom stereocenters. The summed E-state index contributed by atoms with van der Waals surface area (Å²) >= 11 is 0. The molecule has 3 heteroatoms. The number of hydrogen-bond acceptors (Lipinski definition) is 1. The van der Waals surface area contributed by atoms with Gasteiger partial charge in [0.1, 0.15) is 0 Å². The van der Waals surface area contributed by atoms with Gasteiger partial charge in [-0.1, -0.05) is 72.3 Å². The molecule has 1 aliphatic rings. The van der Waals surface area contributed by atoms with Crippen molar-refractivity contribution < 1.29 is 9.18 Å². The molecule has 0 fully saturated rings. The van der Waals surface area contributed by atoms with Crippen molar-refractivity contribution >= 4 is 11.6 Å². The van der Waals surface area contributed by atoms with Crippen LogP contribution in [0.3, 0.4) is 0 Å². The molecule has 3 aromatic carbocycles. The molecule has 1 atom stereocenters. The predicted molar refractivity (Wildman–Crippen MR) is 106 cm³/mol. The van der Waals surface area contributed by atoms with Crippen molar-refractivity contribution in [3.05, 3.63) is 107 Å². The summed E-state index contributed by atoms with van der Waals surface area (Å²) in [6.45, 7) is 1.99. The fraction of sp³-hybridized carbons (Fsp3) is 0.167. The summed E-state index contributed by atoms with van der Waals surface area (Å²) in [6, 6.07) is 24.2. The average Bonchev–Trinajstić information content (AvgIpc) is 2.93. The highest BCUT2D eigenvalue weighted by Gasteiger charge is 2.44. The van der Waals surface area contributed by atoms with Gasteiger partial charge in [0, 0.05) is 24.0 Å². The van der Waals surface area contributed by atoms with Crippen molar-refractivity contribution in [1.82, 2.24) is 0 Å². The third kappa shape index (κ3) is 3.45. The molecule has 0 aromatic heterocycles. The largest absolute Gasteiger partial charge is 0.277 e. The Balaban J connectivity index is 1.78. The molecule has 1 amide bonds. The number of carbonyl (C=O) groups is 1. The highest BCUT2D eigenvalue weighted by Crippen LogP contribution is 2.37. The fourth-order valence-corrected chi connectivity index (χ4v) is 3.70. The zero-order valence-electron chi connectivity index (χ0n) is 15.2. The Morgan fingerprint density at radius 2 is 1.67 bits per heavy atom. The minimum atomic E-state index is -1.69. The van der Waals surface area contributed by atoms with Gasteiger partial charge in [0.25, 0.3) is 5.91 Å². The smallest absolute Gasteiger partial charge is 0.267 e. The molecule has 1 aliphatic carbocycles. The number of alkyl halides is 1. The van der Waals surface area contributed by atoms with E-state index in [1.807, 2.05) is 61.5 Å². The maximum absolute atomic E-state index is 16.2. The summed E-state index contributed by atoms with van der Waals surface area (Å²) in [5.41, 5.74) is 2.64. The van der Waals surface area contributed by atoms with Gasteiger partial charge in [-0.3, -0.25) is 4.79 Å². The Kier molecular flexibility index (Phi) is 4.44. The second kappa shape index (κ2) is 6.92. The third-order valence-electron chi connectivity index (χ3n) is 4.97. The van der Waals surface area contributed by atoms with E-state index in [2.05, 4.69) is 4.99 Å². The van der Waals surface area contributed by atoms with Crippen LogP contribution in [0.2, 0.25) is 0 Å². The van der Waals surface area contributed by atoms with Crippen LogP contribution in [-0.4, -0.2) is 17.3 Å². The summed E-state index contributed by atoms with van der Waals surface area (Å²) in [7, 11) is 0. The molecule has 0 spiro atoms. The van der Waals surface area contributed by atoms with Crippen LogP contribution in [0.1, 0.15) is 32.6 Å². The van der Waals surface area contributed by atoms with Crippen molar-refractivity contribution in [3.63, 3.8) is 0 Å². The number of aryl methyl sites for hydroxylation is 1. The number of benzene rings is 3. The molecular formula is C24H20FNO. The predicted octanol–water partition coefficient (Wildman–Crippen LogP) is 5.13. The Morgan fingerprint density at radius 1 is 1.00 bits per heavy atom. The van der Waals surface area contributed by atoms with E-state index in [-0.39, 0.29) is 18.6 Å². The van der Waals surface area contributed by atoms with Gasteiger partial charge in [0.2, 0.25) is 0 Å². The average molecular weight is 357 g/mol. The summed E-state index contributed by atoms with van der Waals surface area (Å²) in [6.07, 6.45) is 0.433. The molecule has 0 heterocycles. The van der Waals surface area contributed by atoms with Crippen LogP contribution >= 0.6 is 0 Å². The lowest BCUT2D eigenvalue weighted by atomic mass is 9.91. The quantitative estimate of drug-likeness (QED) is 0.639. The van der Waals surface area contributed by atoms with Crippen LogP contribution in [0.5, 0.6) is 0 Å². The van der Waals surface area contributed by atoms with Gasteiger partial charge >= 0.3 is 0 Å². The third-order valence-corrected chi connectivity index (χ3v) is 4.97. The van der Waals surface area contributed by atoms with Crippen LogP contribution in [0.25, 0.3) is 0 Å². The van der Waals surface area contributed by atoms with Crippen molar-refractivity contribution in [1.29, 1.82) is 0 Å². The van der Waals surface area contributed by atoms with E-state index in [1.54, 1.807) is 24.3 Å². The van der Waals surface area contributed by atoms with Crippen molar-refractivity contribution in [2.75, 3.05) is 0 Å². The number of fused-ring (bicyclic) bond motifs is 1. The van der Waals surface area contributed by atoms with E-state index in [1.165, 1.54) is 0 Å². The zero-order valence-corrected chi connectivity index (χ0v) is 15.2. The van der Waals surface area contributed by atoms with Crippen molar-refractivity contribution in [2.45, 2.75) is 25.4 Å². The summed E-state index contributed by atoms with van der Waals surface area (Å²) < 4.78 is 16.2. The lowest BCUT2D eigenvalue weighted by molar-refractivity contribution is 0.100. The van der Waals surface area contributed by atoms with Gasteiger partial charge in [-0.15, -0.1) is 0 Å². The molecule has 0 saturated carbocycles. The SMILES string of the molecule is Cc1ccc2c(c1)CC(F)(Cc1ccccc1)/C2=N\C(=O)c1ccccc1. The molecule has 27 heavy (non-hydrogen) atoms. The van der Waals surface area contributed by atoms with E-state index in [9.17, 15) is 4.79 Å². The lowest BCUT2D eigenvalue weighted by Crippen LogP contribution is -2.34. The molecule has 4 rings (SSSR count). The lowest BCUT2D eigenvalue weighted by Gasteiger charge is -2.21. The van der Waals surface area contributed by atoms with Crippen LogP contribution < -0.4 is 0 Å². The Bertz CT molecular complexity index is 1010. The minimum Gasteiger partial charge on any atom is -0.267 e. The summed E-state index contributed by atoms with van der Waals surface area (Å²) in [5.74, 6) is -0.408. The minimum absolute atomic E-state index is 0.197. The van der Waals surface area contributed by atoms with Crippen molar-refractivity contribution in [2.24, 2.45) is 4.99 Å². The van der Waals surface area contributed by atoms with E-state index >= 15 is 4.39 Å². The first-order valence-electron chi connectivity index (χ1n) is 9.06. The molecular weight excluding hydrogens is 337 g/mol. The Morgan fingerprint density at radius 3 is 2.37 bits per heavy atom. The first-order valence-corrected chi connectivity index (χ1v) is 9.06. The van der Waals surface area contributed by atoms with Gasteiger partial charge < -0.3 is 0 Å². The van der Waals surface area contributed by atoms with Gasteiger partial charge in [-0.25, -0.2) is 9.38 Å². The molecule has 3 aromatic rings. The number of aliphatic imine (C=N–C) groups is 1. The number of carbonyl (C=O) groups excluding carboxylic acids is 1. The first kappa shape index (κ1) is 17.3. The van der Waals surface area contributed by atoms with Crippen LogP contribution in [-0.2, 0) is 12.8 Å². The number of amides is 1. The van der Waals surface area contributed by atoms with E-state index < -0.39 is 11.6 Å². The van der Waals surface area contributed by atoms with Gasteiger partial charge in [0.05, 0.1) is 5.71 Å². The fourth-order valence-electron chi connectivity index (χ4n) is 3.70. The van der Waals surface area contributed by atoms with Gasteiger partial charge in [-0.05, 0) is 30.2 Å². The molecule has 134 valence electrons. The molecule has 0 radical (unpaired) electrons. The Labute approximate surface area is 158 Å². The number of nitrogens with zero attached hydrogens (tertiary/aromatic N) is 1. The Hall–Kier alpha value is -3.07. The standard InChI is InChI=1S/C24H20FNO/c1-17-12-13-21-20(14-17)16-24(25,15-18-8-4-2-5-9-18)22(21)26-23(27)19-10-6-3-7-11-19/h2-14H,15-16H2,1H3/b26-22-. The number of halogens is 1. The normalized spacial score (nSPS) is 19.9. The van der Waals surface area contributed by atoms with Crippen LogP contribution in [0.4, 0.5) is 4.39 Å². The van der Waals surface area contributed by atoms with E-state index in [4.69, 9.17) is 0 Å². The summed E-state index contributed by atoms with van der Waals surface area (Å²) in [4.78, 5) is 16.9. The first-order chi connectivity index (χ1) is 13.0. The van der Waals surface area contributed by atoms with Crippen molar-refractivity contribution in [3.8, 4) is 0 Å².